The van der Waals surface area contributed by atoms with Crippen molar-refractivity contribution in [3.63, 3.8) is 0 Å². The molecule has 0 aliphatic rings. The van der Waals surface area contributed by atoms with Crippen LogP contribution in [0.25, 0.3) is 21.6 Å². The van der Waals surface area contributed by atoms with E-state index in [2.05, 4.69) is 9.97 Å². The maximum atomic E-state index is 12.9. The molecule has 0 atom stereocenters. The molecule has 1 aromatic carbocycles. The number of fused-ring (bicyclic) bond motifs is 1. The number of thiazole rings is 1. The molecule has 5 nitrogen and oxygen atoms in total. The lowest BCUT2D eigenvalue weighted by Gasteiger charge is -2.15. The Morgan fingerprint density at radius 3 is 2.70 bits per heavy atom. The van der Waals surface area contributed by atoms with E-state index in [0.29, 0.717) is 11.1 Å². The molecule has 0 aliphatic heterocycles. The summed E-state index contributed by atoms with van der Waals surface area (Å²) in [7, 11) is 0. The molecular formula is C20H18N4OS2. The second-order valence-corrected chi connectivity index (χ2v) is 8.13. The minimum Gasteiger partial charge on any atom is -0.285 e. The number of rotatable bonds is 5. The minimum absolute atomic E-state index is 0.00514. The number of para-hydroxylation sites is 1. The van der Waals surface area contributed by atoms with E-state index in [1.165, 1.54) is 0 Å². The van der Waals surface area contributed by atoms with Gasteiger partial charge in [-0.25, -0.2) is 9.97 Å². The Labute approximate surface area is 165 Å². The van der Waals surface area contributed by atoms with Crippen molar-refractivity contribution in [3.05, 3.63) is 70.1 Å². The average molecular weight is 395 g/mol. The zero-order chi connectivity index (χ0) is 18.8. The number of hydrogen-bond acceptors (Lipinski definition) is 6. The molecule has 0 amide bonds. The Balaban J connectivity index is 1.63. The lowest BCUT2D eigenvalue weighted by molar-refractivity contribution is 0.519. The van der Waals surface area contributed by atoms with Gasteiger partial charge in [-0.3, -0.25) is 14.3 Å². The summed E-state index contributed by atoms with van der Waals surface area (Å²) in [5.41, 5.74) is 2.57. The molecule has 3 heterocycles. The van der Waals surface area contributed by atoms with E-state index in [0.717, 1.165) is 27.1 Å². The number of aromatic nitrogens is 4. The number of pyridine rings is 1. The SMILES string of the molecule is CC(C)n1c(SCc2csc(-c3ccccn3)n2)nc2ccccc2c1=O. The van der Waals surface area contributed by atoms with Crippen LogP contribution in [0.4, 0.5) is 0 Å². The quantitative estimate of drug-likeness (QED) is 0.360. The number of hydrogen-bond donors (Lipinski definition) is 0. The van der Waals surface area contributed by atoms with Gasteiger partial charge in [0.05, 0.1) is 22.3 Å². The van der Waals surface area contributed by atoms with Gasteiger partial charge >= 0.3 is 0 Å². The molecule has 7 heteroatoms. The molecule has 27 heavy (non-hydrogen) atoms. The van der Waals surface area contributed by atoms with Crippen LogP contribution >= 0.6 is 23.1 Å². The molecule has 0 spiro atoms. The molecule has 4 rings (SSSR count). The highest BCUT2D eigenvalue weighted by atomic mass is 32.2. The second kappa shape index (κ2) is 7.62. The minimum atomic E-state index is 0.00514. The Kier molecular flexibility index (Phi) is 5.05. The number of nitrogens with zero attached hydrogens (tertiary/aromatic N) is 4. The van der Waals surface area contributed by atoms with E-state index in [9.17, 15) is 4.79 Å². The fourth-order valence-corrected chi connectivity index (χ4v) is 4.72. The summed E-state index contributed by atoms with van der Waals surface area (Å²) in [5.74, 6) is 0.654. The smallest absolute Gasteiger partial charge is 0.262 e. The Morgan fingerprint density at radius 1 is 1.11 bits per heavy atom. The normalized spacial score (nSPS) is 11.4. The number of thioether (sulfide) groups is 1. The summed E-state index contributed by atoms with van der Waals surface area (Å²) in [6.45, 7) is 4.01. The molecule has 0 unspecified atom stereocenters. The molecule has 0 fully saturated rings. The summed E-state index contributed by atoms with van der Waals surface area (Å²) >= 11 is 3.12. The highest BCUT2D eigenvalue weighted by molar-refractivity contribution is 7.98. The second-order valence-electron chi connectivity index (χ2n) is 6.33. The highest BCUT2D eigenvalue weighted by Gasteiger charge is 2.15. The Bertz CT molecular complexity index is 1140. The fraction of sp³-hybridized carbons (Fsp3) is 0.200. The van der Waals surface area contributed by atoms with Crippen LogP contribution in [0.5, 0.6) is 0 Å². The summed E-state index contributed by atoms with van der Waals surface area (Å²) in [5, 5.41) is 4.32. The third-order valence-corrected chi connectivity index (χ3v) is 5.98. The Hall–Kier alpha value is -2.51. The van der Waals surface area contributed by atoms with E-state index < -0.39 is 0 Å². The van der Waals surface area contributed by atoms with Gasteiger partial charge in [0, 0.05) is 23.4 Å². The van der Waals surface area contributed by atoms with Gasteiger partial charge in [-0.15, -0.1) is 11.3 Å². The van der Waals surface area contributed by atoms with Gasteiger partial charge in [-0.1, -0.05) is 30.0 Å². The van der Waals surface area contributed by atoms with Gasteiger partial charge < -0.3 is 0 Å². The maximum absolute atomic E-state index is 12.9. The lowest BCUT2D eigenvalue weighted by Crippen LogP contribution is -2.25. The van der Waals surface area contributed by atoms with Crippen LogP contribution in [0.3, 0.4) is 0 Å². The highest BCUT2D eigenvalue weighted by Crippen LogP contribution is 2.27. The van der Waals surface area contributed by atoms with Crippen LogP contribution in [0.15, 0.2) is 64.0 Å². The summed E-state index contributed by atoms with van der Waals surface area (Å²) < 4.78 is 1.76. The van der Waals surface area contributed by atoms with Crippen LogP contribution in [0, 0.1) is 0 Å². The van der Waals surface area contributed by atoms with E-state index in [1.54, 1.807) is 33.9 Å². The van der Waals surface area contributed by atoms with Gasteiger partial charge in [0.25, 0.3) is 5.56 Å². The van der Waals surface area contributed by atoms with Crippen molar-refractivity contribution in [2.24, 2.45) is 0 Å². The zero-order valence-corrected chi connectivity index (χ0v) is 16.6. The molecule has 0 radical (unpaired) electrons. The average Bonchev–Trinajstić information content (AvgIpc) is 3.16. The number of benzene rings is 1. The first-order valence-corrected chi connectivity index (χ1v) is 10.5. The molecule has 0 bridgehead atoms. The topological polar surface area (TPSA) is 60.7 Å². The van der Waals surface area contributed by atoms with Gasteiger partial charge in [0.15, 0.2) is 5.16 Å². The fourth-order valence-electron chi connectivity index (χ4n) is 2.80. The van der Waals surface area contributed by atoms with Crippen LogP contribution < -0.4 is 5.56 Å². The van der Waals surface area contributed by atoms with Crippen molar-refractivity contribution < 1.29 is 0 Å². The van der Waals surface area contributed by atoms with Crippen molar-refractivity contribution in [3.8, 4) is 10.7 Å². The summed E-state index contributed by atoms with van der Waals surface area (Å²) in [6, 6.07) is 13.3. The first-order chi connectivity index (χ1) is 13.1. The largest absolute Gasteiger partial charge is 0.285 e. The standard InChI is InChI=1S/C20H18N4OS2/c1-13(2)24-19(25)15-7-3-4-8-16(15)23-20(24)27-12-14-11-26-18(22-14)17-9-5-6-10-21-17/h3-11,13H,12H2,1-2H3. The zero-order valence-electron chi connectivity index (χ0n) is 15.0. The summed E-state index contributed by atoms with van der Waals surface area (Å²) in [4.78, 5) is 26.6. The van der Waals surface area contributed by atoms with E-state index in [-0.39, 0.29) is 11.6 Å². The third-order valence-electron chi connectivity index (χ3n) is 4.08. The summed E-state index contributed by atoms with van der Waals surface area (Å²) in [6.07, 6.45) is 1.77. The molecule has 0 N–H and O–H groups in total. The first kappa shape index (κ1) is 17.9. The van der Waals surface area contributed by atoms with Crippen LogP contribution in [0.2, 0.25) is 0 Å². The lowest BCUT2D eigenvalue weighted by atomic mass is 10.2. The van der Waals surface area contributed by atoms with Gasteiger partial charge in [0.2, 0.25) is 0 Å². The Morgan fingerprint density at radius 2 is 1.93 bits per heavy atom. The predicted molar refractivity (Wildman–Crippen MR) is 111 cm³/mol. The molecule has 4 aromatic rings. The first-order valence-electron chi connectivity index (χ1n) is 8.63. The molecule has 0 saturated carbocycles. The van der Waals surface area contributed by atoms with Crippen LogP contribution in [-0.2, 0) is 5.75 Å². The van der Waals surface area contributed by atoms with E-state index in [1.807, 2.05) is 61.7 Å². The maximum Gasteiger partial charge on any atom is 0.262 e. The van der Waals surface area contributed by atoms with Gasteiger partial charge in [-0.05, 0) is 38.1 Å². The van der Waals surface area contributed by atoms with Crippen molar-refractivity contribution in [2.75, 3.05) is 0 Å². The van der Waals surface area contributed by atoms with Gasteiger partial charge in [0.1, 0.15) is 5.01 Å². The third kappa shape index (κ3) is 3.65. The van der Waals surface area contributed by atoms with Crippen molar-refractivity contribution in [2.45, 2.75) is 30.8 Å². The van der Waals surface area contributed by atoms with Gasteiger partial charge in [-0.2, -0.15) is 0 Å². The molecule has 0 saturated heterocycles. The monoisotopic (exact) mass is 394 g/mol. The molecule has 0 aliphatic carbocycles. The molecule has 3 aromatic heterocycles. The predicted octanol–water partition coefficient (Wildman–Crippen LogP) is 4.79. The molecule has 136 valence electrons. The van der Waals surface area contributed by atoms with Crippen LogP contribution in [0.1, 0.15) is 25.6 Å². The van der Waals surface area contributed by atoms with E-state index in [4.69, 9.17) is 4.98 Å². The van der Waals surface area contributed by atoms with Crippen molar-refractivity contribution in [1.82, 2.24) is 19.5 Å². The molecular weight excluding hydrogens is 376 g/mol. The van der Waals surface area contributed by atoms with Crippen molar-refractivity contribution >= 4 is 34.0 Å². The van der Waals surface area contributed by atoms with Crippen LogP contribution in [-0.4, -0.2) is 19.5 Å². The van der Waals surface area contributed by atoms with Crippen molar-refractivity contribution in [1.29, 1.82) is 0 Å². The van der Waals surface area contributed by atoms with E-state index >= 15 is 0 Å².